The lowest BCUT2D eigenvalue weighted by Gasteiger charge is -2.29. The number of halogens is 1. The Hall–Kier alpha value is -3.65. The van der Waals surface area contributed by atoms with Crippen molar-refractivity contribution in [2.45, 2.75) is 24.7 Å². The second kappa shape index (κ2) is 8.95. The van der Waals surface area contributed by atoms with Crippen LogP contribution in [0.2, 0.25) is 0 Å². The van der Waals surface area contributed by atoms with Gasteiger partial charge in [-0.2, -0.15) is 0 Å². The first kappa shape index (κ1) is 23.5. The number of allylic oxidation sites excluding steroid dienone is 1. The van der Waals surface area contributed by atoms with E-state index >= 15 is 0 Å². The number of carbonyl (C=O) groups excluding carboxylic acids is 1. The molecule has 0 spiro atoms. The van der Waals surface area contributed by atoms with E-state index in [4.69, 9.17) is 9.47 Å². The Kier molecular flexibility index (Phi) is 6.18. The predicted molar refractivity (Wildman–Crippen MR) is 128 cm³/mol. The highest BCUT2D eigenvalue weighted by atomic mass is 32.2. The molecule has 3 aromatic rings. The molecular formula is C26H24FNO5S. The number of fused-ring (bicyclic) bond motifs is 1. The lowest BCUT2D eigenvalue weighted by atomic mass is 10.0. The van der Waals surface area contributed by atoms with Gasteiger partial charge < -0.3 is 14.4 Å². The van der Waals surface area contributed by atoms with Gasteiger partial charge in [-0.05, 0) is 60.0 Å². The molecule has 0 fully saturated rings. The lowest BCUT2D eigenvalue weighted by Crippen LogP contribution is -2.26. The number of ketones is 1. The Bertz CT molecular complexity index is 1400. The van der Waals surface area contributed by atoms with Crippen LogP contribution in [-0.2, 0) is 9.84 Å². The number of hydrogen-bond donors (Lipinski definition) is 0. The minimum atomic E-state index is -4.21. The zero-order valence-corrected chi connectivity index (χ0v) is 20.0. The number of carbonyl (C=O) groups is 1. The standard InChI is InChI=1S/C26H24FNO5S/c1-16(2)17-5-9-20(10-6-17)28-15-25(34(30,31)24-12-8-19(27)14-21(24)28)26(29)18-7-11-22(32-3)23(13-18)33-4/h5-16H,1-4H3. The third-order valence-electron chi connectivity index (χ3n) is 5.71. The number of methoxy groups -OCH3 is 2. The molecule has 0 atom stereocenters. The Labute approximate surface area is 198 Å². The molecule has 0 N–H and O–H groups in total. The zero-order chi connectivity index (χ0) is 24.6. The molecule has 0 bridgehead atoms. The number of sulfone groups is 1. The number of Topliss-reactive ketones (excluding diaryl/α,β-unsaturated/α-hetero) is 1. The highest BCUT2D eigenvalue weighted by Gasteiger charge is 2.36. The molecule has 3 aromatic carbocycles. The van der Waals surface area contributed by atoms with E-state index in [1.54, 1.807) is 0 Å². The predicted octanol–water partition coefficient (Wildman–Crippen LogP) is 5.62. The van der Waals surface area contributed by atoms with Crippen LogP contribution >= 0.6 is 0 Å². The maximum atomic E-state index is 14.1. The van der Waals surface area contributed by atoms with Crippen LogP contribution in [0.15, 0.2) is 76.7 Å². The van der Waals surface area contributed by atoms with Crippen LogP contribution in [0.25, 0.3) is 0 Å². The van der Waals surface area contributed by atoms with E-state index in [1.165, 1.54) is 49.6 Å². The molecule has 0 unspecified atom stereocenters. The van der Waals surface area contributed by atoms with Crippen molar-refractivity contribution < 1.29 is 27.1 Å². The Morgan fingerprint density at radius 3 is 2.21 bits per heavy atom. The molecule has 0 saturated heterocycles. The number of benzene rings is 3. The van der Waals surface area contributed by atoms with E-state index < -0.39 is 26.3 Å². The summed E-state index contributed by atoms with van der Waals surface area (Å²) >= 11 is 0. The molecule has 176 valence electrons. The third kappa shape index (κ3) is 4.05. The van der Waals surface area contributed by atoms with Gasteiger partial charge in [0.2, 0.25) is 15.6 Å². The van der Waals surface area contributed by atoms with Crippen molar-refractivity contribution in [1.29, 1.82) is 0 Å². The van der Waals surface area contributed by atoms with E-state index in [0.29, 0.717) is 23.1 Å². The second-order valence-electron chi connectivity index (χ2n) is 8.12. The number of hydrogen-bond acceptors (Lipinski definition) is 6. The van der Waals surface area contributed by atoms with Gasteiger partial charge in [0.05, 0.1) is 24.8 Å². The fourth-order valence-electron chi connectivity index (χ4n) is 3.81. The van der Waals surface area contributed by atoms with Crippen molar-refractivity contribution in [3.8, 4) is 11.5 Å². The summed E-state index contributed by atoms with van der Waals surface area (Å²) in [6.07, 6.45) is 1.25. The summed E-state index contributed by atoms with van der Waals surface area (Å²) in [5.74, 6) is -0.281. The number of ether oxygens (including phenoxy) is 2. The molecular weight excluding hydrogens is 457 g/mol. The summed E-state index contributed by atoms with van der Waals surface area (Å²) in [5, 5.41) is 0. The van der Waals surface area contributed by atoms with Gasteiger partial charge in [0, 0.05) is 17.5 Å². The van der Waals surface area contributed by atoms with E-state index in [1.807, 2.05) is 24.3 Å². The van der Waals surface area contributed by atoms with Gasteiger partial charge in [0.15, 0.2) is 11.5 Å². The van der Waals surface area contributed by atoms with E-state index in [-0.39, 0.29) is 16.1 Å². The van der Waals surface area contributed by atoms with Gasteiger partial charge in [-0.1, -0.05) is 26.0 Å². The van der Waals surface area contributed by atoms with Crippen LogP contribution in [0, 0.1) is 5.82 Å². The Morgan fingerprint density at radius 2 is 1.59 bits per heavy atom. The molecule has 0 aromatic heterocycles. The van der Waals surface area contributed by atoms with Gasteiger partial charge in [0.1, 0.15) is 10.7 Å². The number of nitrogens with zero attached hydrogens (tertiary/aromatic N) is 1. The minimum absolute atomic E-state index is 0.119. The van der Waals surface area contributed by atoms with E-state index in [0.717, 1.165) is 17.7 Å². The first-order chi connectivity index (χ1) is 16.2. The summed E-state index contributed by atoms with van der Waals surface area (Å²) in [4.78, 5) is 14.4. The molecule has 0 amide bonds. The second-order valence-corrected chi connectivity index (χ2v) is 10.0. The average molecular weight is 482 g/mol. The van der Waals surface area contributed by atoms with E-state index in [2.05, 4.69) is 13.8 Å². The summed E-state index contributed by atoms with van der Waals surface area (Å²) in [6.45, 7) is 4.12. The van der Waals surface area contributed by atoms with Crippen LogP contribution in [0.3, 0.4) is 0 Å². The van der Waals surface area contributed by atoms with Gasteiger partial charge in [-0.3, -0.25) is 4.79 Å². The molecule has 1 aliphatic heterocycles. The molecule has 6 nitrogen and oxygen atoms in total. The average Bonchev–Trinajstić information content (AvgIpc) is 2.83. The van der Waals surface area contributed by atoms with Crippen molar-refractivity contribution >= 4 is 27.0 Å². The van der Waals surface area contributed by atoms with Crippen LogP contribution in [-0.4, -0.2) is 28.4 Å². The highest BCUT2D eigenvalue weighted by molar-refractivity contribution is 7.96. The smallest absolute Gasteiger partial charge is 0.214 e. The van der Waals surface area contributed by atoms with Gasteiger partial charge in [0.25, 0.3) is 0 Å². The monoisotopic (exact) mass is 481 g/mol. The van der Waals surface area contributed by atoms with Crippen molar-refractivity contribution in [3.63, 3.8) is 0 Å². The van der Waals surface area contributed by atoms with Crippen LogP contribution < -0.4 is 14.4 Å². The summed E-state index contributed by atoms with van der Waals surface area (Å²) in [6, 6.07) is 15.3. The summed E-state index contributed by atoms with van der Waals surface area (Å²) < 4.78 is 51.5. The van der Waals surface area contributed by atoms with E-state index in [9.17, 15) is 17.6 Å². The van der Waals surface area contributed by atoms with Gasteiger partial charge in [-0.25, -0.2) is 12.8 Å². The number of anilines is 2. The van der Waals surface area contributed by atoms with Gasteiger partial charge >= 0.3 is 0 Å². The highest BCUT2D eigenvalue weighted by Crippen LogP contribution is 2.41. The van der Waals surface area contributed by atoms with Crippen LogP contribution in [0.5, 0.6) is 11.5 Å². The summed E-state index contributed by atoms with van der Waals surface area (Å²) in [5.41, 5.74) is 1.96. The fourth-order valence-corrected chi connectivity index (χ4v) is 5.34. The largest absolute Gasteiger partial charge is 0.493 e. The molecule has 0 aliphatic carbocycles. The van der Waals surface area contributed by atoms with Crippen molar-refractivity contribution in [1.82, 2.24) is 0 Å². The topological polar surface area (TPSA) is 72.9 Å². The Balaban J connectivity index is 1.88. The molecule has 1 aliphatic rings. The quantitative estimate of drug-likeness (QED) is 0.336. The Morgan fingerprint density at radius 1 is 0.912 bits per heavy atom. The molecule has 34 heavy (non-hydrogen) atoms. The van der Waals surface area contributed by atoms with Crippen molar-refractivity contribution in [2.75, 3.05) is 19.1 Å². The maximum Gasteiger partial charge on any atom is 0.214 e. The third-order valence-corrected chi connectivity index (χ3v) is 7.51. The van der Waals surface area contributed by atoms with Gasteiger partial charge in [-0.15, -0.1) is 0 Å². The SMILES string of the molecule is COc1ccc(C(=O)C2=CN(c3ccc(C(C)C)cc3)c3cc(F)ccc3S2(=O)=O)cc1OC. The first-order valence-electron chi connectivity index (χ1n) is 10.6. The summed E-state index contributed by atoms with van der Waals surface area (Å²) in [7, 11) is -1.32. The van der Waals surface area contributed by atoms with Crippen LogP contribution in [0.1, 0.15) is 35.7 Å². The lowest BCUT2D eigenvalue weighted by molar-refractivity contribution is 0.104. The molecule has 8 heteroatoms. The minimum Gasteiger partial charge on any atom is -0.493 e. The molecule has 4 rings (SSSR count). The van der Waals surface area contributed by atoms with Crippen LogP contribution in [0.4, 0.5) is 15.8 Å². The fraction of sp³-hybridized carbons (Fsp3) is 0.192. The van der Waals surface area contributed by atoms with Crippen molar-refractivity contribution in [3.05, 3.63) is 88.7 Å². The number of rotatable bonds is 6. The molecule has 0 radical (unpaired) electrons. The molecule has 0 saturated carbocycles. The first-order valence-corrected chi connectivity index (χ1v) is 12.1. The normalized spacial score (nSPS) is 14.4. The maximum absolute atomic E-state index is 14.1. The molecule has 1 heterocycles. The van der Waals surface area contributed by atoms with Crippen molar-refractivity contribution in [2.24, 2.45) is 0 Å². The zero-order valence-electron chi connectivity index (χ0n) is 19.2.